The summed E-state index contributed by atoms with van der Waals surface area (Å²) in [6, 6.07) is 9.68. The normalized spacial score (nSPS) is 14.2. The lowest BCUT2D eigenvalue weighted by Gasteiger charge is -2.35. The van der Waals surface area contributed by atoms with Crippen LogP contribution < -0.4 is 9.80 Å². The Kier molecular flexibility index (Phi) is 4.92. The lowest BCUT2D eigenvalue weighted by Crippen LogP contribution is -2.49. The van der Waals surface area contributed by atoms with E-state index in [0.717, 1.165) is 36.0 Å². The van der Waals surface area contributed by atoms with Crippen LogP contribution in [-0.2, 0) is 0 Å². The summed E-state index contributed by atoms with van der Waals surface area (Å²) in [5.74, 6) is 1.72. The van der Waals surface area contributed by atoms with Crippen LogP contribution >= 0.6 is 0 Å². The van der Waals surface area contributed by atoms with E-state index >= 15 is 0 Å². The van der Waals surface area contributed by atoms with Crippen LogP contribution in [0.15, 0.2) is 55.4 Å². The van der Waals surface area contributed by atoms with Gasteiger partial charge in [0.1, 0.15) is 24.3 Å². The smallest absolute Gasteiger partial charge is 0.253 e. The number of aromatic nitrogens is 4. The van der Waals surface area contributed by atoms with Crippen molar-refractivity contribution in [3.63, 3.8) is 0 Å². The molecule has 1 aliphatic heterocycles. The lowest BCUT2D eigenvalue weighted by atomic mass is 10.1. The molecule has 0 saturated carbocycles. The molecule has 28 heavy (non-hydrogen) atoms. The Bertz CT molecular complexity index is 929. The highest BCUT2D eigenvalue weighted by atomic mass is 16.2. The highest BCUT2D eigenvalue weighted by Gasteiger charge is 2.23. The van der Waals surface area contributed by atoms with Gasteiger partial charge >= 0.3 is 0 Å². The minimum Gasteiger partial charge on any atom is -0.378 e. The third-order valence-electron chi connectivity index (χ3n) is 4.93. The van der Waals surface area contributed by atoms with Crippen LogP contribution in [0, 0.1) is 0 Å². The van der Waals surface area contributed by atoms with Crippen molar-refractivity contribution >= 4 is 17.4 Å². The standard InChI is InChI=1S/C20H23N7O/c1-24(2)17-5-3-16(4-6-17)20(28)26-11-9-25(10-12-26)18-13-19(23-14-22-18)27-8-7-21-15-27/h3-8,13-15H,9-12H2,1-2H3. The van der Waals surface area contributed by atoms with E-state index in [1.54, 1.807) is 18.9 Å². The molecule has 2 aromatic heterocycles. The first kappa shape index (κ1) is 18.0. The van der Waals surface area contributed by atoms with E-state index in [1.807, 2.05) is 65.0 Å². The molecule has 144 valence electrons. The summed E-state index contributed by atoms with van der Waals surface area (Å²) in [6.45, 7) is 2.81. The summed E-state index contributed by atoms with van der Waals surface area (Å²) in [5, 5.41) is 0. The van der Waals surface area contributed by atoms with Crippen molar-refractivity contribution < 1.29 is 4.79 Å². The van der Waals surface area contributed by atoms with E-state index in [9.17, 15) is 4.79 Å². The highest BCUT2D eigenvalue weighted by Crippen LogP contribution is 2.18. The third-order valence-corrected chi connectivity index (χ3v) is 4.93. The maximum absolute atomic E-state index is 12.8. The highest BCUT2D eigenvalue weighted by molar-refractivity contribution is 5.94. The van der Waals surface area contributed by atoms with Crippen LogP contribution in [0.2, 0.25) is 0 Å². The summed E-state index contributed by atoms with van der Waals surface area (Å²) in [5.41, 5.74) is 1.81. The first-order valence-corrected chi connectivity index (χ1v) is 9.24. The zero-order valence-electron chi connectivity index (χ0n) is 16.1. The van der Waals surface area contributed by atoms with Gasteiger partial charge < -0.3 is 14.7 Å². The summed E-state index contributed by atoms with van der Waals surface area (Å²) < 4.78 is 1.85. The number of rotatable bonds is 4. The maximum Gasteiger partial charge on any atom is 0.253 e. The molecule has 0 N–H and O–H groups in total. The fourth-order valence-electron chi connectivity index (χ4n) is 3.27. The number of carbonyl (C=O) groups is 1. The van der Waals surface area contributed by atoms with Crippen LogP contribution in [0.3, 0.4) is 0 Å². The quantitative estimate of drug-likeness (QED) is 0.689. The fourth-order valence-corrected chi connectivity index (χ4v) is 3.27. The maximum atomic E-state index is 12.8. The van der Waals surface area contributed by atoms with Crippen molar-refractivity contribution in [3.8, 4) is 5.82 Å². The zero-order valence-corrected chi connectivity index (χ0v) is 16.1. The molecule has 0 atom stereocenters. The minimum atomic E-state index is 0.0757. The molecular formula is C20H23N7O. The van der Waals surface area contributed by atoms with Crippen molar-refractivity contribution in [1.82, 2.24) is 24.4 Å². The Hall–Kier alpha value is -3.42. The van der Waals surface area contributed by atoms with Crippen LogP contribution in [0.4, 0.5) is 11.5 Å². The first-order chi connectivity index (χ1) is 13.6. The molecule has 8 nitrogen and oxygen atoms in total. The molecule has 3 heterocycles. The predicted molar refractivity (Wildman–Crippen MR) is 108 cm³/mol. The molecule has 3 aromatic rings. The van der Waals surface area contributed by atoms with Gasteiger partial charge in [-0.1, -0.05) is 0 Å². The van der Waals surface area contributed by atoms with Gasteiger partial charge in [0.2, 0.25) is 0 Å². The van der Waals surface area contributed by atoms with Crippen LogP contribution in [-0.4, -0.2) is 70.6 Å². The molecule has 1 saturated heterocycles. The van der Waals surface area contributed by atoms with E-state index in [4.69, 9.17) is 0 Å². The molecule has 8 heteroatoms. The van der Waals surface area contributed by atoms with Gasteiger partial charge in [-0.15, -0.1) is 0 Å². The second-order valence-corrected chi connectivity index (χ2v) is 6.92. The second-order valence-electron chi connectivity index (χ2n) is 6.92. The average Bonchev–Trinajstić information content (AvgIpc) is 3.28. The number of carbonyl (C=O) groups excluding carboxylic acids is 1. The van der Waals surface area contributed by atoms with Crippen molar-refractivity contribution in [1.29, 1.82) is 0 Å². The van der Waals surface area contributed by atoms with E-state index in [-0.39, 0.29) is 5.91 Å². The number of imidazole rings is 1. The Morgan fingerprint density at radius 3 is 2.36 bits per heavy atom. The van der Waals surface area contributed by atoms with Crippen molar-refractivity contribution in [2.75, 3.05) is 50.1 Å². The Balaban J connectivity index is 1.40. The van der Waals surface area contributed by atoms with Gasteiger partial charge in [-0.2, -0.15) is 0 Å². The number of hydrogen-bond acceptors (Lipinski definition) is 6. The summed E-state index contributed by atoms with van der Waals surface area (Å²) in [4.78, 5) is 31.6. The molecule has 1 amide bonds. The van der Waals surface area contributed by atoms with Gasteiger partial charge in [0.25, 0.3) is 5.91 Å². The Labute approximate surface area is 164 Å². The summed E-state index contributed by atoms with van der Waals surface area (Å²) >= 11 is 0. The third kappa shape index (κ3) is 3.66. The Morgan fingerprint density at radius 2 is 1.71 bits per heavy atom. The largest absolute Gasteiger partial charge is 0.378 e. The lowest BCUT2D eigenvalue weighted by molar-refractivity contribution is 0.0746. The van der Waals surface area contributed by atoms with E-state index < -0.39 is 0 Å². The molecule has 0 unspecified atom stereocenters. The monoisotopic (exact) mass is 377 g/mol. The van der Waals surface area contributed by atoms with Crippen LogP contribution in [0.5, 0.6) is 0 Å². The number of piperazine rings is 1. The van der Waals surface area contributed by atoms with Crippen molar-refractivity contribution in [2.45, 2.75) is 0 Å². The van der Waals surface area contributed by atoms with Crippen molar-refractivity contribution in [3.05, 3.63) is 60.9 Å². The van der Waals surface area contributed by atoms with Gasteiger partial charge in [-0.3, -0.25) is 9.36 Å². The second kappa shape index (κ2) is 7.67. The average molecular weight is 377 g/mol. The number of nitrogens with zero attached hydrogens (tertiary/aromatic N) is 7. The molecule has 0 radical (unpaired) electrons. The Morgan fingerprint density at radius 1 is 1.00 bits per heavy atom. The van der Waals surface area contributed by atoms with Gasteiger partial charge in [0.15, 0.2) is 0 Å². The van der Waals surface area contributed by atoms with E-state index in [0.29, 0.717) is 13.1 Å². The number of benzene rings is 1. The number of anilines is 2. The molecular weight excluding hydrogens is 354 g/mol. The molecule has 1 fully saturated rings. The molecule has 1 aliphatic rings. The predicted octanol–water partition coefficient (Wildman–Crippen LogP) is 1.69. The van der Waals surface area contributed by atoms with Gasteiger partial charge in [-0.25, -0.2) is 15.0 Å². The fraction of sp³-hybridized carbons (Fsp3) is 0.300. The first-order valence-electron chi connectivity index (χ1n) is 9.24. The molecule has 4 rings (SSSR count). The SMILES string of the molecule is CN(C)c1ccc(C(=O)N2CCN(c3cc(-n4ccnc4)ncn3)CC2)cc1. The summed E-state index contributed by atoms with van der Waals surface area (Å²) in [6.07, 6.45) is 6.85. The minimum absolute atomic E-state index is 0.0757. The summed E-state index contributed by atoms with van der Waals surface area (Å²) in [7, 11) is 3.98. The van der Waals surface area contributed by atoms with Crippen molar-refractivity contribution in [2.24, 2.45) is 0 Å². The van der Waals surface area contributed by atoms with Gasteiger partial charge in [0.05, 0.1) is 0 Å². The number of amides is 1. The molecule has 0 bridgehead atoms. The number of hydrogen-bond donors (Lipinski definition) is 0. The van der Waals surface area contributed by atoms with E-state index in [2.05, 4.69) is 19.9 Å². The molecule has 0 spiro atoms. The van der Waals surface area contributed by atoms with E-state index in [1.165, 1.54) is 0 Å². The van der Waals surface area contributed by atoms with Crippen LogP contribution in [0.25, 0.3) is 5.82 Å². The van der Waals surface area contributed by atoms with Gasteiger partial charge in [0, 0.05) is 70.0 Å². The zero-order chi connectivity index (χ0) is 19.5. The van der Waals surface area contributed by atoms with Gasteiger partial charge in [-0.05, 0) is 24.3 Å². The topological polar surface area (TPSA) is 70.4 Å². The molecule has 1 aromatic carbocycles. The van der Waals surface area contributed by atoms with Crippen LogP contribution in [0.1, 0.15) is 10.4 Å². The molecule has 0 aliphatic carbocycles.